The zero-order valence-corrected chi connectivity index (χ0v) is 46.6. The summed E-state index contributed by atoms with van der Waals surface area (Å²) in [6.45, 7) is 9.36. The van der Waals surface area contributed by atoms with Crippen LogP contribution in [0.3, 0.4) is 0 Å². The van der Waals surface area contributed by atoms with Gasteiger partial charge < -0.3 is 29.7 Å². The van der Waals surface area contributed by atoms with Crippen LogP contribution in [0.5, 0.6) is 0 Å². The lowest BCUT2D eigenvalue weighted by molar-refractivity contribution is -0.140. The van der Waals surface area contributed by atoms with Gasteiger partial charge in [0.05, 0.1) is 29.7 Å². The van der Waals surface area contributed by atoms with Crippen molar-refractivity contribution in [2.75, 3.05) is 72.0 Å². The third-order valence-corrected chi connectivity index (χ3v) is 16.2. The second-order valence-electron chi connectivity index (χ2n) is 23.0. The van der Waals surface area contributed by atoms with Crippen molar-refractivity contribution in [3.63, 3.8) is 0 Å². The number of nitrogens with one attached hydrogen (secondary N) is 2. The van der Waals surface area contributed by atoms with Crippen molar-refractivity contribution in [2.45, 2.75) is 109 Å². The van der Waals surface area contributed by atoms with Gasteiger partial charge in [0.15, 0.2) is 0 Å². The summed E-state index contributed by atoms with van der Waals surface area (Å²) in [5.74, 6) is -3.94. The Morgan fingerprint density at radius 1 is 0.741 bits per heavy atom. The van der Waals surface area contributed by atoms with Gasteiger partial charge in [0, 0.05) is 99.9 Å². The van der Waals surface area contributed by atoms with Crippen molar-refractivity contribution in [2.24, 2.45) is 5.92 Å². The van der Waals surface area contributed by atoms with Crippen LogP contribution in [0.4, 0.5) is 18.0 Å². The molecule has 9 rings (SSSR count). The lowest BCUT2D eigenvalue weighted by Crippen LogP contribution is -2.61. The van der Waals surface area contributed by atoms with Gasteiger partial charge in [0.25, 0.3) is 17.4 Å². The van der Waals surface area contributed by atoms with Crippen molar-refractivity contribution in [1.82, 2.24) is 44.9 Å². The monoisotopic (exact) mass is 1120 g/mol. The fraction of sp³-hybridized carbons (Fsp3) is 0.475. The van der Waals surface area contributed by atoms with Crippen molar-refractivity contribution in [1.29, 1.82) is 0 Å². The van der Waals surface area contributed by atoms with Crippen LogP contribution in [0.25, 0.3) is 10.8 Å². The number of H-pyrrole nitrogens is 1. The lowest BCUT2D eigenvalue weighted by atomic mass is 9.83. The summed E-state index contributed by atoms with van der Waals surface area (Å²) in [7, 11) is 0. The van der Waals surface area contributed by atoms with E-state index in [0.717, 1.165) is 61.1 Å². The topological polar surface area (TPSA) is 189 Å². The minimum absolute atomic E-state index is 0.0336. The Bertz CT molecular complexity index is 3210. The molecule has 3 saturated heterocycles. The van der Waals surface area contributed by atoms with Gasteiger partial charge in [-0.3, -0.25) is 38.6 Å². The predicted molar refractivity (Wildman–Crippen MR) is 297 cm³/mol. The van der Waals surface area contributed by atoms with E-state index < -0.39 is 47.6 Å². The van der Waals surface area contributed by atoms with Crippen molar-refractivity contribution in [3.8, 4) is 0 Å². The predicted octanol–water partition coefficient (Wildman–Crippen LogP) is 7.27. The SMILES string of the molecule is C[C@@H]1CN(C(=O)[C@H](NC(=O)c2cccc([C@@H]3CCCN(C(=O)CN(Cc4ccc(F)cc4F)C(=O)OC(C)(C)C)C3)c2)C2CCCCC2)CCN1CC(=O)N1CCN(C(=O)c2cc(Cc3n[nH]c(=O)c4ccccc34)ccc2F)CC1. The largest absolute Gasteiger partial charge is 0.444 e. The highest BCUT2D eigenvalue weighted by Crippen LogP contribution is 2.31. The highest BCUT2D eigenvalue weighted by molar-refractivity contribution is 5.98. The van der Waals surface area contributed by atoms with Crippen LogP contribution in [0.2, 0.25) is 0 Å². The molecule has 6 amide bonds. The molecule has 4 aromatic carbocycles. The molecule has 1 aliphatic carbocycles. The summed E-state index contributed by atoms with van der Waals surface area (Å²) in [6, 6.07) is 20.8. The zero-order valence-electron chi connectivity index (χ0n) is 46.6. The number of piperazine rings is 2. The number of piperidine rings is 1. The Labute approximate surface area is 469 Å². The fourth-order valence-electron chi connectivity index (χ4n) is 11.7. The van der Waals surface area contributed by atoms with Gasteiger partial charge in [-0.15, -0.1) is 0 Å². The van der Waals surface area contributed by atoms with E-state index in [-0.39, 0.29) is 104 Å². The first-order valence-corrected chi connectivity index (χ1v) is 28.2. The van der Waals surface area contributed by atoms with Crippen molar-refractivity contribution < 1.29 is 46.7 Å². The summed E-state index contributed by atoms with van der Waals surface area (Å²) >= 11 is 0. The molecule has 0 unspecified atom stereocenters. The number of carbonyl (C=O) groups is 6. The van der Waals surface area contributed by atoms with Crippen molar-refractivity contribution in [3.05, 3.63) is 146 Å². The van der Waals surface area contributed by atoms with Crippen LogP contribution >= 0.6 is 0 Å². The molecule has 4 fully saturated rings. The molecule has 3 aliphatic heterocycles. The molecular weight excluding hydrogens is 1040 g/mol. The molecule has 81 heavy (non-hydrogen) atoms. The molecule has 4 aliphatic rings. The molecule has 1 saturated carbocycles. The van der Waals surface area contributed by atoms with E-state index >= 15 is 4.39 Å². The smallest absolute Gasteiger partial charge is 0.411 e. The van der Waals surface area contributed by atoms with Crippen LogP contribution < -0.4 is 10.9 Å². The molecule has 0 spiro atoms. The molecule has 17 nitrogen and oxygen atoms in total. The quantitative estimate of drug-likeness (QED) is 0.115. The van der Waals surface area contributed by atoms with Crippen LogP contribution in [0.15, 0.2) is 89.7 Å². The molecule has 0 bridgehead atoms. The zero-order chi connectivity index (χ0) is 57.5. The first kappa shape index (κ1) is 58.1. The maximum Gasteiger partial charge on any atom is 0.411 e. The second-order valence-corrected chi connectivity index (χ2v) is 23.0. The minimum atomic E-state index is -0.893. The molecule has 3 atom stereocenters. The summed E-state index contributed by atoms with van der Waals surface area (Å²) < 4.78 is 49.3. The molecule has 5 aromatic rings. The number of aromatic nitrogens is 2. The number of likely N-dealkylation sites (tertiary alicyclic amines) is 1. The number of halogens is 3. The Morgan fingerprint density at radius 2 is 1.47 bits per heavy atom. The number of fused-ring (bicyclic) bond motifs is 1. The number of rotatable bonds is 14. The minimum Gasteiger partial charge on any atom is -0.444 e. The number of hydrogen-bond donors (Lipinski definition) is 2. The second kappa shape index (κ2) is 25.5. The van der Waals surface area contributed by atoms with Gasteiger partial charge in [-0.1, -0.05) is 61.7 Å². The van der Waals surface area contributed by atoms with Gasteiger partial charge in [-0.2, -0.15) is 5.10 Å². The normalized spacial score (nSPS) is 18.8. The first-order chi connectivity index (χ1) is 38.8. The molecule has 1 aromatic heterocycles. The Hall–Kier alpha value is -7.61. The van der Waals surface area contributed by atoms with E-state index in [1.807, 2.05) is 25.1 Å². The van der Waals surface area contributed by atoms with Crippen LogP contribution in [0, 0.1) is 23.4 Å². The number of nitrogens with zero attached hydrogens (tertiary/aromatic N) is 7. The molecule has 4 heterocycles. The highest BCUT2D eigenvalue weighted by atomic mass is 19.1. The van der Waals surface area contributed by atoms with Crippen LogP contribution in [-0.4, -0.2) is 165 Å². The molecule has 2 N–H and O–H groups in total. The summed E-state index contributed by atoms with van der Waals surface area (Å²) in [6.07, 6.45) is 5.39. The standard InChI is InChI=1S/C61H72F3N9O8/c1-39-34-72(29-28-70(39)37-53(74)68-24-26-69(27-25-68)58(78)49-30-40(19-22-50(49)63)31-52-47-17-8-9-18-48(47)57(77)67-66-52)59(79)55(41-12-6-5-7-13-41)65-56(76)43-15-10-14-42(32-43)44-16-11-23-71(35-44)54(75)38-73(60(80)81-61(2,3)4)36-45-20-21-46(62)33-51(45)64/h8-10,14-15,17-22,30,32-33,39,41,44,55H,5-7,11-13,16,23-29,31,34-38H2,1-4H3,(H,65,76)(H,67,77)/t39-,44-,55-/m1/s1. The van der Waals surface area contributed by atoms with Crippen LogP contribution in [0.1, 0.15) is 122 Å². The number of benzene rings is 4. The average Bonchev–Trinajstić information content (AvgIpc) is 3.51. The van der Waals surface area contributed by atoms with Gasteiger partial charge in [0.1, 0.15) is 35.6 Å². The van der Waals surface area contributed by atoms with Crippen molar-refractivity contribution >= 4 is 46.4 Å². The molecule has 0 radical (unpaired) electrons. The summed E-state index contributed by atoms with van der Waals surface area (Å²) in [4.78, 5) is 106. The Balaban J connectivity index is 0.779. The number of ether oxygens (including phenoxy) is 1. The maximum absolute atomic E-state index is 15.2. The molecule has 20 heteroatoms. The summed E-state index contributed by atoms with van der Waals surface area (Å²) in [5, 5.41) is 11.1. The third-order valence-electron chi connectivity index (χ3n) is 16.2. The maximum atomic E-state index is 15.2. The number of hydrogen-bond acceptors (Lipinski definition) is 10. The number of amides is 6. The van der Waals surface area contributed by atoms with Gasteiger partial charge in [-0.25, -0.2) is 23.1 Å². The average molecular weight is 1120 g/mol. The van der Waals surface area contributed by atoms with E-state index in [9.17, 15) is 42.3 Å². The van der Waals surface area contributed by atoms with Gasteiger partial charge in [-0.05, 0) is 107 Å². The number of carbonyl (C=O) groups excluding carboxylic acids is 6. The summed E-state index contributed by atoms with van der Waals surface area (Å²) in [5.41, 5.74) is 1.23. The lowest BCUT2D eigenvalue weighted by Gasteiger charge is -2.43. The fourth-order valence-corrected chi connectivity index (χ4v) is 11.7. The van der Waals surface area contributed by atoms with E-state index in [4.69, 9.17) is 4.74 Å². The van der Waals surface area contributed by atoms with E-state index in [1.165, 1.54) is 18.2 Å². The van der Waals surface area contributed by atoms with Gasteiger partial charge in [0.2, 0.25) is 17.7 Å². The Kier molecular flexibility index (Phi) is 18.2. The van der Waals surface area contributed by atoms with E-state index in [2.05, 4.69) is 20.4 Å². The van der Waals surface area contributed by atoms with Crippen LogP contribution in [-0.2, 0) is 32.1 Å². The first-order valence-electron chi connectivity index (χ1n) is 28.2. The van der Waals surface area contributed by atoms with Gasteiger partial charge >= 0.3 is 6.09 Å². The molecule has 430 valence electrons. The molecular formula is C61H72F3N9O8. The Morgan fingerprint density at radius 3 is 2.20 bits per heavy atom. The van der Waals surface area contributed by atoms with E-state index in [0.29, 0.717) is 66.7 Å². The van der Waals surface area contributed by atoms with E-state index in [1.54, 1.807) is 76.8 Å². The third kappa shape index (κ3) is 14.3. The number of aromatic amines is 1. The highest BCUT2D eigenvalue weighted by Gasteiger charge is 2.38.